The van der Waals surface area contributed by atoms with Crippen molar-refractivity contribution < 1.29 is 14.6 Å². The Morgan fingerprint density at radius 2 is 2.27 bits per heavy atom. The van der Waals surface area contributed by atoms with Crippen molar-refractivity contribution in [2.45, 2.75) is 6.92 Å². The van der Waals surface area contributed by atoms with Crippen molar-refractivity contribution in [3.63, 3.8) is 0 Å². The minimum Gasteiger partial charge on any atom is -0.505 e. The van der Waals surface area contributed by atoms with Gasteiger partial charge in [0, 0.05) is 12.1 Å². The molecule has 0 aliphatic carbocycles. The molecule has 0 heterocycles. The van der Waals surface area contributed by atoms with Gasteiger partial charge in [-0.3, -0.25) is 4.79 Å². The molecule has 1 aromatic rings. The Bertz CT molecular complexity index is 379. The number of amides is 1. The number of hydrogen-bond acceptors (Lipinski definition) is 3. The molecule has 5 heteroatoms. The second kappa shape index (κ2) is 5.00. The summed E-state index contributed by atoms with van der Waals surface area (Å²) in [6.07, 6.45) is 0. The molecule has 4 nitrogen and oxygen atoms in total. The van der Waals surface area contributed by atoms with Gasteiger partial charge in [-0.25, -0.2) is 0 Å². The maximum atomic E-state index is 11.2. The zero-order chi connectivity index (χ0) is 11.4. The SMILES string of the molecule is COCC(=O)Nc1cc(Cl)cc(C)c1O. The molecule has 0 aliphatic heterocycles. The largest absolute Gasteiger partial charge is 0.505 e. The van der Waals surface area contributed by atoms with E-state index < -0.39 is 0 Å². The Hall–Kier alpha value is -1.26. The number of carbonyl (C=O) groups is 1. The first-order chi connectivity index (χ1) is 7.04. The van der Waals surface area contributed by atoms with Crippen molar-refractivity contribution in [2.24, 2.45) is 0 Å². The quantitative estimate of drug-likeness (QED) is 0.779. The normalized spacial score (nSPS) is 10.1. The zero-order valence-electron chi connectivity index (χ0n) is 8.50. The number of phenols is 1. The van der Waals surface area contributed by atoms with Crippen LogP contribution in [0.5, 0.6) is 5.75 Å². The number of halogens is 1. The predicted octanol–water partition coefficient (Wildman–Crippen LogP) is 1.94. The number of benzene rings is 1. The molecule has 2 N–H and O–H groups in total. The lowest BCUT2D eigenvalue weighted by atomic mass is 10.2. The Morgan fingerprint density at radius 1 is 1.60 bits per heavy atom. The minimum absolute atomic E-state index is 0.0175. The van der Waals surface area contributed by atoms with Gasteiger partial charge in [0.1, 0.15) is 12.4 Å². The maximum Gasteiger partial charge on any atom is 0.250 e. The van der Waals surface area contributed by atoms with Crippen molar-refractivity contribution in [2.75, 3.05) is 19.0 Å². The van der Waals surface area contributed by atoms with Gasteiger partial charge >= 0.3 is 0 Å². The summed E-state index contributed by atoms with van der Waals surface area (Å²) in [7, 11) is 1.42. The number of aryl methyl sites for hydroxylation is 1. The average molecular weight is 230 g/mol. The zero-order valence-corrected chi connectivity index (χ0v) is 9.26. The number of anilines is 1. The van der Waals surface area contributed by atoms with E-state index >= 15 is 0 Å². The Balaban J connectivity index is 2.89. The van der Waals surface area contributed by atoms with Crippen molar-refractivity contribution >= 4 is 23.2 Å². The molecular formula is C10H12ClNO3. The number of methoxy groups -OCH3 is 1. The Morgan fingerprint density at radius 3 is 2.87 bits per heavy atom. The first kappa shape index (κ1) is 11.8. The number of hydrogen-bond donors (Lipinski definition) is 2. The summed E-state index contributed by atoms with van der Waals surface area (Å²) in [6, 6.07) is 3.10. The van der Waals surface area contributed by atoms with Gasteiger partial charge in [-0.2, -0.15) is 0 Å². The molecule has 0 bridgehead atoms. The summed E-state index contributed by atoms with van der Waals surface area (Å²) in [5.74, 6) is -0.321. The highest BCUT2D eigenvalue weighted by atomic mass is 35.5. The fourth-order valence-electron chi connectivity index (χ4n) is 1.15. The van der Waals surface area contributed by atoms with E-state index in [1.165, 1.54) is 13.2 Å². The summed E-state index contributed by atoms with van der Waals surface area (Å²) >= 11 is 5.79. The molecule has 0 saturated carbocycles. The van der Waals surface area contributed by atoms with Gasteiger partial charge in [0.15, 0.2) is 0 Å². The van der Waals surface area contributed by atoms with Gasteiger partial charge in [0.05, 0.1) is 5.69 Å². The highest BCUT2D eigenvalue weighted by Gasteiger charge is 2.09. The number of nitrogens with one attached hydrogen (secondary N) is 1. The molecule has 0 unspecified atom stereocenters. The van der Waals surface area contributed by atoms with E-state index in [0.717, 1.165) is 0 Å². The van der Waals surface area contributed by atoms with Crippen LogP contribution in [0.15, 0.2) is 12.1 Å². The molecule has 1 amide bonds. The van der Waals surface area contributed by atoms with Gasteiger partial charge in [0.2, 0.25) is 5.91 Å². The standard InChI is InChI=1S/C10H12ClNO3/c1-6-3-7(11)4-8(10(6)14)12-9(13)5-15-2/h3-4,14H,5H2,1-2H3,(H,12,13). The lowest BCUT2D eigenvalue weighted by molar-refractivity contribution is -0.119. The molecular weight excluding hydrogens is 218 g/mol. The van der Waals surface area contributed by atoms with Crippen molar-refractivity contribution in [3.05, 3.63) is 22.7 Å². The second-order valence-electron chi connectivity index (χ2n) is 3.10. The Labute approximate surface area is 92.8 Å². The first-order valence-corrected chi connectivity index (χ1v) is 4.70. The summed E-state index contributed by atoms with van der Waals surface area (Å²) in [5.41, 5.74) is 0.900. The van der Waals surface area contributed by atoms with Crippen LogP contribution in [0.3, 0.4) is 0 Å². The topological polar surface area (TPSA) is 58.6 Å². The van der Waals surface area contributed by atoms with Crippen molar-refractivity contribution in [3.8, 4) is 5.75 Å². The number of rotatable bonds is 3. The lowest BCUT2D eigenvalue weighted by Crippen LogP contribution is -2.17. The third-order valence-electron chi connectivity index (χ3n) is 1.81. The summed E-state index contributed by atoms with van der Waals surface area (Å²) in [6.45, 7) is 1.64. The summed E-state index contributed by atoms with van der Waals surface area (Å²) < 4.78 is 4.65. The highest BCUT2D eigenvalue weighted by molar-refractivity contribution is 6.31. The molecule has 0 radical (unpaired) electrons. The number of aromatic hydroxyl groups is 1. The fourth-order valence-corrected chi connectivity index (χ4v) is 1.42. The number of carbonyl (C=O) groups excluding carboxylic acids is 1. The van der Waals surface area contributed by atoms with Crippen LogP contribution in [0, 0.1) is 6.92 Å². The molecule has 0 atom stereocenters. The van der Waals surface area contributed by atoms with Crippen LogP contribution in [0.25, 0.3) is 0 Å². The van der Waals surface area contributed by atoms with E-state index in [0.29, 0.717) is 16.3 Å². The van der Waals surface area contributed by atoms with Gasteiger partial charge in [0.25, 0.3) is 0 Å². The van der Waals surface area contributed by atoms with Gasteiger partial charge in [-0.05, 0) is 24.6 Å². The monoisotopic (exact) mass is 229 g/mol. The Kier molecular flexibility index (Phi) is 3.94. The second-order valence-corrected chi connectivity index (χ2v) is 3.54. The van der Waals surface area contributed by atoms with E-state index in [4.69, 9.17) is 11.6 Å². The van der Waals surface area contributed by atoms with Crippen LogP contribution >= 0.6 is 11.6 Å². The van der Waals surface area contributed by atoms with Crippen LogP contribution < -0.4 is 5.32 Å². The van der Waals surface area contributed by atoms with E-state index in [1.807, 2.05) is 0 Å². The summed E-state index contributed by atoms with van der Waals surface area (Å²) in [5, 5.41) is 12.6. The van der Waals surface area contributed by atoms with Gasteiger partial charge < -0.3 is 15.2 Å². The van der Waals surface area contributed by atoms with E-state index in [2.05, 4.69) is 10.1 Å². The van der Waals surface area contributed by atoms with Crippen LogP contribution in [-0.4, -0.2) is 24.7 Å². The predicted molar refractivity (Wildman–Crippen MR) is 58.4 cm³/mol. The van der Waals surface area contributed by atoms with Crippen LogP contribution in [0.1, 0.15) is 5.56 Å². The molecule has 0 saturated heterocycles. The highest BCUT2D eigenvalue weighted by Crippen LogP contribution is 2.30. The lowest BCUT2D eigenvalue weighted by Gasteiger charge is -2.09. The molecule has 0 fully saturated rings. The first-order valence-electron chi connectivity index (χ1n) is 4.32. The van der Waals surface area contributed by atoms with Gasteiger partial charge in [-0.15, -0.1) is 0 Å². The molecule has 0 aliphatic rings. The van der Waals surface area contributed by atoms with Crippen LogP contribution in [-0.2, 0) is 9.53 Å². The van der Waals surface area contributed by atoms with Gasteiger partial charge in [-0.1, -0.05) is 11.6 Å². The fraction of sp³-hybridized carbons (Fsp3) is 0.300. The number of ether oxygens (including phenoxy) is 1. The molecule has 1 aromatic carbocycles. The van der Waals surface area contributed by atoms with Crippen LogP contribution in [0.2, 0.25) is 5.02 Å². The molecule has 1 rings (SSSR count). The van der Waals surface area contributed by atoms with Crippen LogP contribution in [0.4, 0.5) is 5.69 Å². The third-order valence-corrected chi connectivity index (χ3v) is 2.03. The summed E-state index contributed by atoms with van der Waals surface area (Å²) in [4.78, 5) is 11.2. The van der Waals surface area contributed by atoms with Crippen molar-refractivity contribution in [1.29, 1.82) is 0 Å². The van der Waals surface area contributed by atoms with E-state index in [1.54, 1.807) is 13.0 Å². The van der Waals surface area contributed by atoms with E-state index in [-0.39, 0.29) is 18.3 Å². The molecule has 0 spiro atoms. The maximum absolute atomic E-state index is 11.2. The number of phenolic OH excluding ortho intramolecular Hbond substituents is 1. The smallest absolute Gasteiger partial charge is 0.250 e. The molecule has 82 valence electrons. The molecule has 15 heavy (non-hydrogen) atoms. The minimum atomic E-state index is -0.338. The third kappa shape index (κ3) is 3.11. The van der Waals surface area contributed by atoms with Crippen molar-refractivity contribution in [1.82, 2.24) is 0 Å². The van der Waals surface area contributed by atoms with E-state index in [9.17, 15) is 9.90 Å². The molecule has 0 aromatic heterocycles. The average Bonchev–Trinajstić information content (AvgIpc) is 2.13.